The van der Waals surface area contributed by atoms with Crippen LogP contribution in [0.4, 0.5) is 0 Å². The van der Waals surface area contributed by atoms with Crippen molar-refractivity contribution < 1.29 is 4.12 Å². The molecule has 0 N–H and O–H groups in total. The predicted octanol–water partition coefficient (Wildman–Crippen LogP) is 11.6. The average Bonchev–Trinajstić information content (AvgIpc) is 3.98. The fraction of sp³-hybridized carbons (Fsp3) is 0. The highest BCUT2D eigenvalue weighted by Gasteiger charge is 2.53. The van der Waals surface area contributed by atoms with Gasteiger partial charge in [0.05, 0.1) is 22.1 Å². The summed E-state index contributed by atoms with van der Waals surface area (Å²) < 4.78 is 13.4. The van der Waals surface area contributed by atoms with E-state index in [-0.39, 0.29) is 0 Å². The van der Waals surface area contributed by atoms with E-state index in [0.717, 1.165) is 50.0 Å². The van der Waals surface area contributed by atoms with Gasteiger partial charge in [0.25, 0.3) is 16.6 Å². The lowest BCUT2D eigenvalue weighted by Crippen LogP contribution is -2.81. The van der Waals surface area contributed by atoms with Crippen LogP contribution < -0.4 is 31.1 Å². The number of aromatic nitrogens is 3. The zero-order valence-corrected chi connectivity index (χ0v) is 40.9. The van der Waals surface area contributed by atoms with Crippen molar-refractivity contribution in [1.29, 1.82) is 0 Å². The van der Waals surface area contributed by atoms with Crippen molar-refractivity contribution in [3.8, 4) is 22.8 Å². The summed E-state index contributed by atoms with van der Waals surface area (Å²) in [5, 5.41) is 11.9. The average molecular weight is 942 g/mol. The highest BCUT2D eigenvalue weighted by Crippen LogP contribution is 2.36. The van der Waals surface area contributed by atoms with Gasteiger partial charge in [-0.1, -0.05) is 249 Å². The monoisotopic (exact) mass is 941 g/mol. The first-order valence-corrected chi connectivity index (χ1v) is 28.1. The standard InChI is InChI=1S/C65H47N3OSi2/c1-6-26-50(27-7-1)70(51-28-8-2-9-29-51,52-30-10-3-11-31-52)69-71(53-32-12-4-13-33-53,54-34-14-5-15-35-54)55-36-24-25-48(45-55)49-46-64(67-60-41-20-16-37-56(60)57-38-17-21-42-61(57)67)66-65(47-49)68-62-43-22-18-39-58(62)59-40-19-23-44-63(59)68/h1-47H. The zero-order chi connectivity index (χ0) is 47.2. The van der Waals surface area contributed by atoms with Gasteiger partial charge >= 0.3 is 0 Å². The molecule has 0 unspecified atom stereocenters. The topological polar surface area (TPSA) is 32.0 Å². The lowest BCUT2D eigenvalue weighted by atomic mass is 10.1. The molecule has 0 atom stereocenters. The molecule has 0 fully saturated rings. The van der Waals surface area contributed by atoms with Gasteiger partial charge in [-0.2, -0.15) is 0 Å². The Kier molecular flexibility index (Phi) is 10.6. The van der Waals surface area contributed by atoms with E-state index in [2.05, 4.69) is 294 Å². The largest absolute Gasteiger partial charge is 0.435 e. The molecular formula is C65H47N3OSi2. The molecule has 0 spiro atoms. The van der Waals surface area contributed by atoms with Gasteiger partial charge in [0.1, 0.15) is 11.6 Å². The summed E-state index contributed by atoms with van der Waals surface area (Å²) in [6, 6.07) is 104. The number of benzene rings is 10. The number of hydrogen-bond acceptors (Lipinski definition) is 2. The molecule has 0 saturated carbocycles. The van der Waals surface area contributed by atoms with Crippen LogP contribution >= 0.6 is 0 Å². The third-order valence-corrected chi connectivity index (χ3v) is 23.5. The molecule has 0 aliphatic rings. The number of para-hydroxylation sites is 4. The van der Waals surface area contributed by atoms with E-state index in [1.54, 1.807) is 0 Å². The Morgan fingerprint density at radius 2 is 0.535 bits per heavy atom. The van der Waals surface area contributed by atoms with E-state index in [4.69, 9.17) is 9.10 Å². The van der Waals surface area contributed by atoms with Crippen LogP contribution in [-0.2, 0) is 4.12 Å². The number of hydrogen-bond donors (Lipinski definition) is 0. The van der Waals surface area contributed by atoms with E-state index in [1.807, 2.05) is 0 Å². The summed E-state index contributed by atoms with van der Waals surface area (Å²) >= 11 is 0. The summed E-state index contributed by atoms with van der Waals surface area (Å²) in [6.07, 6.45) is 0. The molecule has 4 nitrogen and oxygen atoms in total. The molecule has 3 heterocycles. The number of pyridine rings is 1. The van der Waals surface area contributed by atoms with E-state index >= 15 is 0 Å². The number of rotatable bonds is 11. The smallest absolute Gasteiger partial charge is 0.278 e. The Hall–Kier alpha value is -8.66. The summed E-state index contributed by atoms with van der Waals surface area (Å²) in [5.41, 5.74) is 6.56. The van der Waals surface area contributed by atoms with Crippen LogP contribution in [0.3, 0.4) is 0 Å². The first kappa shape index (κ1) is 42.4. The van der Waals surface area contributed by atoms with Crippen molar-refractivity contribution in [2.24, 2.45) is 0 Å². The van der Waals surface area contributed by atoms with Crippen LogP contribution in [-0.4, -0.2) is 30.8 Å². The van der Waals surface area contributed by atoms with Gasteiger partial charge in [-0.3, -0.25) is 9.13 Å². The second-order valence-corrected chi connectivity index (χ2v) is 25.2. The predicted molar refractivity (Wildman–Crippen MR) is 301 cm³/mol. The van der Waals surface area contributed by atoms with Gasteiger partial charge in [0.15, 0.2) is 0 Å². The molecule has 13 aromatic rings. The maximum absolute atomic E-state index is 8.75. The Morgan fingerprint density at radius 3 is 0.873 bits per heavy atom. The van der Waals surface area contributed by atoms with Crippen molar-refractivity contribution in [2.45, 2.75) is 0 Å². The fourth-order valence-corrected chi connectivity index (χ4v) is 21.8. The van der Waals surface area contributed by atoms with Gasteiger partial charge in [-0.15, -0.1) is 0 Å². The van der Waals surface area contributed by atoms with Crippen molar-refractivity contribution in [1.82, 2.24) is 14.1 Å². The van der Waals surface area contributed by atoms with E-state index in [0.29, 0.717) is 0 Å². The molecule has 336 valence electrons. The van der Waals surface area contributed by atoms with E-state index in [9.17, 15) is 0 Å². The molecule has 0 amide bonds. The van der Waals surface area contributed by atoms with E-state index in [1.165, 1.54) is 47.5 Å². The van der Waals surface area contributed by atoms with Crippen molar-refractivity contribution in [3.63, 3.8) is 0 Å². The zero-order valence-electron chi connectivity index (χ0n) is 38.9. The normalized spacial score (nSPS) is 12.0. The molecule has 71 heavy (non-hydrogen) atoms. The second kappa shape index (κ2) is 17.7. The maximum Gasteiger partial charge on any atom is 0.278 e. The van der Waals surface area contributed by atoms with Gasteiger partial charge in [0.2, 0.25) is 0 Å². The molecule has 0 bridgehead atoms. The van der Waals surface area contributed by atoms with Crippen LogP contribution in [0.1, 0.15) is 0 Å². The fourth-order valence-electron chi connectivity index (χ4n) is 11.1. The lowest BCUT2D eigenvalue weighted by molar-refractivity contribution is 0.600. The number of fused-ring (bicyclic) bond motifs is 6. The Labute approximate surface area is 415 Å². The summed E-state index contributed by atoms with van der Waals surface area (Å²) in [5.74, 6) is 1.69. The first-order chi connectivity index (χ1) is 35.2. The van der Waals surface area contributed by atoms with Crippen LogP contribution in [0.2, 0.25) is 0 Å². The van der Waals surface area contributed by atoms with Gasteiger partial charge in [0, 0.05) is 21.5 Å². The molecule has 0 aliphatic heterocycles. The number of nitrogens with zero attached hydrogens (tertiary/aromatic N) is 3. The van der Waals surface area contributed by atoms with Gasteiger partial charge in [-0.05, 0) is 78.6 Å². The Bertz CT molecular complexity index is 3650. The van der Waals surface area contributed by atoms with Crippen LogP contribution in [0.5, 0.6) is 0 Å². The van der Waals surface area contributed by atoms with Crippen molar-refractivity contribution in [3.05, 3.63) is 285 Å². The molecular weight excluding hydrogens is 895 g/mol. The van der Waals surface area contributed by atoms with Gasteiger partial charge < -0.3 is 4.12 Å². The van der Waals surface area contributed by atoms with Crippen molar-refractivity contribution >= 4 is 91.4 Å². The van der Waals surface area contributed by atoms with Crippen LogP contribution in [0.15, 0.2) is 285 Å². The lowest BCUT2D eigenvalue weighted by Gasteiger charge is -2.44. The van der Waals surface area contributed by atoms with E-state index < -0.39 is 16.6 Å². The molecule has 3 aromatic heterocycles. The van der Waals surface area contributed by atoms with Gasteiger partial charge in [-0.25, -0.2) is 4.98 Å². The second-order valence-electron chi connectivity index (χ2n) is 18.2. The molecule has 6 heteroatoms. The minimum absolute atomic E-state index is 0.844. The third kappa shape index (κ3) is 7.03. The molecule has 10 aromatic carbocycles. The minimum Gasteiger partial charge on any atom is -0.435 e. The quantitative estimate of drug-likeness (QED) is 0.0956. The first-order valence-electron chi connectivity index (χ1n) is 24.3. The summed E-state index contributed by atoms with van der Waals surface area (Å²) in [7, 11) is -6.87. The van der Waals surface area contributed by atoms with Crippen LogP contribution in [0, 0.1) is 0 Å². The maximum atomic E-state index is 8.75. The highest BCUT2D eigenvalue weighted by atomic mass is 28.4. The van der Waals surface area contributed by atoms with Crippen molar-refractivity contribution in [2.75, 3.05) is 0 Å². The molecule has 0 radical (unpaired) electrons. The summed E-state index contributed by atoms with van der Waals surface area (Å²) in [6.45, 7) is 0. The molecule has 0 aliphatic carbocycles. The Morgan fingerprint density at radius 1 is 0.254 bits per heavy atom. The Balaban J connectivity index is 1.11. The van der Waals surface area contributed by atoms with Crippen LogP contribution in [0.25, 0.3) is 66.4 Å². The summed E-state index contributed by atoms with van der Waals surface area (Å²) in [4.78, 5) is 5.68. The minimum atomic E-state index is -3.51. The highest BCUT2D eigenvalue weighted by molar-refractivity contribution is 7.18. The SMILES string of the molecule is c1ccc([Si](O[Si](c2ccccc2)(c2ccccc2)c2cccc(-c3cc(-n4c5ccccc5c5ccccc54)nc(-n4c5ccccc5c5ccccc54)c3)c2)(c2ccccc2)c2ccccc2)cc1. The third-order valence-electron chi connectivity index (χ3n) is 14.2. The molecule has 13 rings (SSSR count). The molecule has 0 saturated heterocycles.